The zero-order valence-electron chi connectivity index (χ0n) is 11.1. The maximum atomic E-state index is 12.2. The molecule has 2 rings (SSSR count). The minimum Gasteiger partial charge on any atom is -0.342 e. The van der Waals surface area contributed by atoms with Crippen LogP contribution in [0.15, 0.2) is 28.7 Å². The van der Waals surface area contributed by atoms with Crippen LogP contribution in [0.1, 0.15) is 18.4 Å². The molecule has 0 aliphatic carbocycles. The van der Waals surface area contributed by atoms with E-state index in [1.54, 1.807) is 0 Å². The number of nitrogens with one attached hydrogen (secondary N) is 1. The van der Waals surface area contributed by atoms with Gasteiger partial charge < -0.3 is 10.2 Å². The minimum atomic E-state index is 0. The number of carbonyl (C=O) groups is 1. The van der Waals surface area contributed by atoms with Crippen molar-refractivity contribution in [1.82, 2.24) is 10.2 Å². The molecule has 1 aromatic carbocycles. The second-order valence-corrected chi connectivity index (χ2v) is 5.71. The van der Waals surface area contributed by atoms with Crippen molar-refractivity contribution < 1.29 is 4.79 Å². The van der Waals surface area contributed by atoms with Crippen molar-refractivity contribution >= 4 is 34.2 Å². The second-order valence-electron chi connectivity index (χ2n) is 4.79. The van der Waals surface area contributed by atoms with E-state index in [-0.39, 0.29) is 18.3 Å². The van der Waals surface area contributed by atoms with Crippen molar-refractivity contribution in [1.29, 1.82) is 0 Å². The lowest BCUT2D eigenvalue weighted by Gasteiger charge is -2.31. The first-order valence-electron chi connectivity index (χ1n) is 6.37. The zero-order valence-corrected chi connectivity index (χ0v) is 13.5. The Kier molecular flexibility index (Phi) is 6.83. The van der Waals surface area contributed by atoms with Gasteiger partial charge in [-0.2, -0.15) is 0 Å². The number of benzene rings is 1. The van der Waals surface area contributed by atoms with Crippen LogP contribution in [0.25, 0.3) is 0 Å². The number of hydrogen-bond donors (Lipinski definition) is 1. The van der Waals surface area contributed by atoms with Gasteiger partial charge in [0, 0.05) is 17.6 Å². The van der Waals surface area contributed by atoms with Gasteiger partial charge in [0.25, 0.3) is 0 Å². The summed E-state index contributed by atoms with van der Waals surface area (Å²) >= 11 is 3.43. The highest BCUT2D eigenvalue weighted by Gasteiger charge is 2.21. The lowest BCUT2D eigenvalue weighted by atomic mass is 10.0. The van der Waals surface area contributed by atoms with Gasteiger partial charge in [-0.3, -0.25) is 4.79 Å². The average Bonchev–Trinajstić information content (AvgIpc) is 2.39. The van der Waals surface area contributed by atoms with E-state index in [0.717, 1.165) is 36.0 Å². The van der Waals surface area contributed by atoms with Crippen LogP contribution in [-0.2, 0) is 11.2 Å². The zero-order chi connectivity index (χ0) is 13.0. The van der Waals surface area contributed by atoms with Crippen LogP contribution >= 0.6 is 28.3 Å². The first-order chi connectivity index (χ1) is 8.66. The number of hydrogen-bond acceptors (Lipinski definition) is 2. The molecule has 106 valence electrons. The predicted octanol–water partition coefficient (Wildman–Crippen LogP) is 2.62. The molecule has 0 spiro atoms. The molecule has 0 atom stereocenters. The summed E-state index contributed by atoms with van der Waals surface area (Å²) in [4.78, 5) is 14.1. The van der Waals surface area contributed by atoms with Crippen molar-refractivity contribution in [2.45, 2.75) is 25.3 Å². The number of amides is 1. The summed E-state index contributed by atoms with van der Waals surface area (Å²) < 4.78 is 1.03. The van der Waals surface area contributed by atoms with Crippen molar-refractivity contribution in [3.8, 4) is 0 Å². The van der Waals surface area contributed by atoms with Gasteiger partial charge in [-0.05, 0) is 43.6 Å². The molecular formula is C14H20BrClN2O. The van der Waals surface area contributed by atoms with Crippen molar-refractivity contribution in [2.24, 2.45) is 0 Å². The largest absolute Gasteiger partial charge is 0.342 e. The van der Waals surface area contributed by atoms with Crippen LogP contribution in [0.5, 0.6) is 0 Å². The fourth-order valence-electron chi connectivity index (χ4n) is 2.34. The van der Waals surface area contributed by atoms with Gasteiger partial charge in [-0.1, -0.05) is 28.1 Å². The summed E-state index contributed by atoms with van der Waals surface area (Å²) in [6.45, 7) is 2.03. The fraction of sp³-hybridized carbons (Fsp3) is 0.500. The Morgan fingerprint density at radius 1 is 1.42 bits per heavy atom. The van der Waals surface area contributed by atoms with E-state index in [2.05, 4.69) is 21.2 Å². The van der Waals surface area contributed by atoms with Gasteiger partial charge in [0.05, 0.1) is 6.42 Å². The highest BCUT2D eigenvalue weighted by atomic mass is 79.9. The quantitative estimate of drug-likeness (QED) is 0.911. The van der Waals surface area contributed by atoms with Gasteiger partial charge in [0.15, 0.2) is 0 Å². The Morgan fingerprint density at radius 2 is 2.11 bits per heavy atom. The Balaban J connectivity index is 0.00000180. The summed E-state index contributed by atoms with van der Waals surface area (Å²) in [5.41, 5.74) is 1.06. The molecule has 1 aliphatic heterocycles. The molecule has 1 fully saturated rings. The number of nitrogens with zero attached hydrogens (tertiary/aromatic N) is 1. The van der Waals surface area contributed by atoms with Crippen LogP contribution in [0, 0.1) is 0 Å². The minimum absolute atomic E-state index is 0. The molecule has 0 radical (unpaired) electrons. The van der Waals surface area contributed by atoms with Crippen LogP contribution < -0.4 is 5.32 Å². The third-order valence-electron chi connectivity index (χ3n) is 3.49. The van der Waals surface area contributed by atoms with E-state index in [1.807, 2.05) is 36.2 Å². The van der Waals surface area contributed by atoms with E-state index in [0.29, 0.717) is 12.5 Å². The molecule has 0 unspecified atom stereocenters. The summed E-state index contributed by atoms with van der Waals surface area (Å²) in [7, 11) is 1.93. The molecule has 1 amide bonds. The first kappa shape index (κ1) is 16.5. The van der Waals surface area contributed by atoms with Gasteiger partial charge in [-0.25, -0.2) is 0 Å². The lowest BCUT2D eigenvalue weighted by molar-refractivity contribution is -0.131. The third-order valence-corrected chi connectivity index (χ3v) is 3.99. The molecule has 1 heterocycles. The molecule has 1 aliphatic rings. The second kappa shape index (κ2) is 7.88. The third kappa shape index (κ3) is 4.79. The molecule has 1 saturated heterocycles. The topological polar surface area (TPSA) is 32.3 Å². The Morgan fingerprint density at radius 3 is 2.74 bits per heavy atom. The number of rotatable bonds is 3. The molecule has 3 nitrogen and oxygen atoms in total. The lowest BCUT2D eigenvalue weighted by Crippen LogP contribution is -2.44. The molecule has 5 heteroatoms. The van der Waals surface area contributed by atoms with Crippen LogP contribution in [0.3, 0.4) is 0 Å². The molecule has 1 aromatic rings. The van der Waals surface area contributed by atoms with Crippen LogP contribution in [-0.4, -0.2) is 37.0 Å². The molecule has 19 heavy (non-hydrogen) atoms. The maximum Gasteiger partial charge on any atom is 0.226 e. The van der Waals surface area contributed by atoms with Crippen molar-refractivity contribution in [3.05, 3.63) is 34.3 Å². The SMILES string of the molecule is CN(C(=O)Cc1cccc(Br)c1)C1CCNCC1.Cl. The Bertz CT molecular complexity index is 422. The average molecular weight is 348 g/mol. The Labute approximate surface area is 129 Å². The van der Waals surface area contributed by atoms with Gasteiger partial charge in [0.1, 0.15) is 0 Å². The number of halogens is 2. The monoisotopic (exact) mass is 346 g/mol. The summed E-state index contributed by atoms with van der Waals surface area (Å²) in [6.07, 6.45) is 2.60. The maximum absolute atomic E-state index is 12.2. The van der Waals surface area contributed by atoms with E-state index in [9.17, 15) is 4.79 Å². The first-order valence-corrected chi connectivity index (χ1v) is 7.17. The van der Waals surface area contributed by atoms with Crippen LogP contribution in [0.2, 0.25) is 0 Å². The van der Waals surface area contributed by atoms with E-state index in [4.69, 9.17) is 0 Å². The van der Waals surface area contributed by atoms with Gasteiger partial charge in [-0.15, -0.1) is 12.4 Å². The van der Waals surface area contributed by atoms with Crippen LogP contribution in [0.4, 0.5) is 0 Å². The van der Waals surface area contributed by atoms with E-state index >= 15 is 0 Å². The molecule has 1 N–H and O–H groups in total. The van der Waals surface area contributed by atoms with E-state index < -0.39 is 0 Å². The number of piperidine rings is 1. The highest BCUT2D eigenvalue weighted by molar-refractivity contribution is 9.10. The van der Waals surface area contributed by atoms with Gasteiger partial charge in [0.2, 0.25) is 5.91 Å². The molecule has 0 bridgehead atoms. The smallest absolute Gasteiger partial charge is 0.226 e. The predicted molar refractivity (Wildman–Crippen MR) is 83.8 cm³/mol. The molecule has 0 saturated carbocycles. The normalized spacial score (nSPS) is 15.7. The van der Waals surface area contributed by atoms with Gasteiger partial charge >= 0.3 is 0 Å². The standard InChI is InChI=1S/C14H19BrN2O.ClH/c1-17(13-5-7-16-8-6-13)14(18)10-11-3-2-4-12(15)9-11;/h2-4,9,13,16H,5-8,10H2,1H3;1H. The Hall–Kier alpha value is -0.580. The summed E-state index contributed by atoms with van der Waals surface area (Å²) in [6, 6.07) is 8.35. The fourth-order valence-corrected chi connectivity index (χ4v) is 2.79. The summed E-state index contributed by atoms with van der Waals surface area (Å²) in [5.74, 6) is 0.208. The number of likely N-dealkylation sites (N-methyl/N-ethyl adjacent to an activating group) is 1. The highest BCUT2D eigenvalue weighted by Crippen LogP contribution is 2.15. The number of carbonyl (C=O) groups excluding carboxylic acids is 1. The van der Waals surface area contributed by atoms with E-state index in [1.165, 1.54) is 0 Å². The summed E-state index contributed by atoms with van der Waals surface area (Å²) in [5, 5.41) is 3.32. The molecule has 0 aromatic heterocycles. The van der Waals surface area contributed by atoms with Crippen molar-refractivity contribution in [3.63, 3.8) is 0 Å². The molecular weight excluding hydrogens is 328 g/mol. The van der Waals surface area contributed by atoms with Crippen molar-refractivity contribution in [2.75, 3.05) is 20.1 Å².